The highest BCUT2D eigenvalue weighted by molar-refractivity contribution is 5.93. The van der Waals surface area contributed by atoms with Gasteiger partial charge in [0.15, 0.2) is 12.4 Å². The van der Waals surface area contributed by atoms with Crippen molar-refractivity contribution in [2.24, 2.45) is 23.5 Å². The van der Waals surface area contributed by atoms with Crippen LogP contribution in [-0.4, -0.2) is 22.1 Å². The topological polar surface area (TPSA) is 103 Å². The molecule has 0 spiro atoms. The van der Waals surface area contributed by atoms with Gasteiger partial charge in [-0.25, -0.2) is 0 Å². The molecule has 2 fully saturated rings. The van der Waals surface area contributed by atoms with E-state index in [4.69, 9.17) is 15.0 Å². The van der Waals surface area contributed by atoms with Gasteiger partial charge >= 0.3 is 0 Å². The molecule has 4 unspecified atom stereocenters. The standard InChI is InChI=1S/C18H22N4O3/c1-10-20-15(25-22-10)9-24-14-6-4-13(5-7-14)21-18(23)16-11-2-3-12(8-11)17(16)19/h4-7,11-12,16-17H,2-3,8-9,19H2,1H3,(H,21,23). The summed E-state index contributed by atoms with van der Waals surface area (Å²) in [5.41, 5.74) is 6.99. The Morgan fingerprint density at radius 1 is 1.32 bits per heavy atom. The molecule has 25 heavy (non-hydrogen) atoms. The predicted molar refractivity (Wildman–Crippen MR) is 90.7 cm³/mol. The van der Waals surface area contributed by atoms with Gasteiger partial charge in [-0.15, -0.1) is 0 Å². The summed E-state index contributed by atoms with van der Waals surface area (Å²) >= 11 is 0. The molecule has 3 N–H and O–H groups in total. The van der Waals surface area contributed by atoms with Gasteiger partial charge in [-0.05, 0) is 62.3 Å². The number of carbonyl (C=O) groups excluding carboxylic acids is 1. The van der Waals surface area contributed by atoms with E-state index in [-0.39, 0.29) is 24.5 Å². The van der Waals surface area contributed by atoms with Crippen LogP contribution in [-0.2, 0) is 11.4 Å². The molecule has 4 rings (SSSR count). The zero-order chi connectivity index (χ0) is 17.4. The van der Waals surface area contributed by atoms with E-state index in [2.05, 4.69) is 15.5 Å². The fraction of sp³-hybridized carbons (Fsp3) is 0.500. The third-order valence-electron chi connectivity index (χ3n) is 5.34. The van der Waals surface area contributed by atoms with Gasteiger partial charge in [0.2, 0.25) is 5.91 Å². The molecular formula is C18H22N4O3. The second-order valence-corrected chi connectivity index (χ2v) is 6.97. The lowest BCUT2D eigenvalue weighted by Gasteiger charge is -2.27. The molecule has 2 saturated carbocycles. The SMILES string of the molecule is Cc1noc(COc2ccc(NC(=O)C3C4CCC(C4)C3N)cc2)n1. The number of rotatable bonds is 5. The van der Waals surface area contributed by atoms with Gasteiger partial charge in [-0.3, -0.25) is 4.79 Å². The molecule has 132 valence electrons. The maximum absolute atomic E-state index is 12.6. The van der Waals surface area contributed by atoms with Crippen LogP contribution in [0.15, 0.2) is 28.8 Å². The molecule has 0 aliphatic heterocycles. The second kappa shape index (κ2) is 6.48. The average molecular weight is 342 g/mol. The Morgan fingerprint density at radius 2 is 2.08 bits per heavy atom. The van der Waals surface area contributed by atoms with Gasteiger partial charge in [-0.1, -0.05) is 5.16 Å². The molecule has 0 radical (unpaired) electrons. The van der Waals surface area contributed by atoms with Crippen molar-refractivity contribution in [3.63, 3.8) is 0 Å². The van der Waals surface area contributed by atoms with E-state index in [0.29, 0.717) is 29.3 Å². The van der Waals surface area contributed by atoms with Gasteiger partial charge in [0, 0.05) is 11.7 Å². The number of nitrogens with two attached hydrogens (primary N) is 1. The number of aryl methyl sites for hydroxylation is 1. The number of anilines is 1. The van der Waals surface area contributed by atoms with Crippen LogP contribution in [0.3, 0.4) is 0 Å². The first kappa shape index (κ1) is 16.1. The van der Waals surface area contributed by atoms with Crippen molar-refractivity contribution in [2.75, 3.05) is 5.32 Å². The van der Waals surface area contributed by atoms with E-state index in [1.54, 1.807) is 19.1 Å². The van der Waals surface area contributed by atoms with E-state index in [0.717, 1.165) is 18.5 Å². The molecule has 1 aromatic carbocycles. The minimum absolute atomic E-state index is 0.000724. The first-order chi connectivity index (χ1) is 12.1. The number of aromatic nitrogens is 2. The summed E-state index contributed by atoms with van der Waals surface area (Å²) in [6.45, 7) is 1.97. The lowest BCUT2D eigenvalue weighted by Crippen LogP contribution is -2.42. The smallest absolute Gasteiger partial charge is 0.264 e. The van der Waals surface area contributed by atoms with Crippen LogP contribution >= 0.6 is 0 Å². The van der Waals surface area contributed by atoms with Gasteiger partial charge in [0.1, 0.15) is 5.75 Å². The fourth-order valence-corrected chi connectivity index (χ4v) is 4.13. The van der Waals surface area contributed by atoms with Crippen molar-refractivity contribution >= 4 is 11.6 Å². The third kappa shape index (κ3) is 3.24. The predicted octanol–water partition coefficient (Wildman–Crippen LogP) is 2.27. The molecule has 2 aromatic rings. The maximum Gasteiger partial charge on any atom is 0.264 e. The zero-order valence-corrected chi connectivity index (χ0v) is 14.1. The Morgan fingerprint density at radius 3 is 2.72 bits per heavy atom. The van der Waals surface area contributed by atoms with E-state index in [9.17, 15) is 4.79 Å². The number of nitrogens with zero attached hydrogens (tertiary/aromatic N) is 2. The van der Waals surface area contributed by atoms with E-state index < -0.39 is 0 Å². The Balaban J connectivity index is 1.33. The molecule has 1 amide bonds. The van der Waals surface area contributed by atoms with Crippen LogP contribution in [0.25, 0.3) is 0 Å². The van der Waals surface area contributed by atoms with Crippen molar-refractivity contribution in [1.29, 1.82) is 0 Å². The highest BCUT2D eigenvalue weighted by atomic mass is 16.5. The number of nitrogens with one attached hydrogen (secondary N) is 1. The quantitative estimate of drug-likeness (QED) is 0.864. The summed E-state index contributed by atoms with van der Waals surface area (Å²) in [5, 5.41) is 6.70. The molecule has 7 heteroatoms. The maximum atomic E-state index is 12.6. The lowest BCUT2D eigenvalue weighted by atomic mass is 9.84. The van der Waals surface area contributed by atoms with E-state index >= 15 is 0 Å². The Bertz CT molecular complexity index is 756. The Labute approximate surface area is 145 Å². The van der Waals surface area contributed by atoms with Crippen molar-refractivity contribution in [3.05, 3.63) is 36.0 Å². The summed E-state index contributed by atoms with van der Waals surface area (Å²) in [4.78, 5) is 16.6. The van der Waals surface area contributed by atoms with Gasteiger partial charge < -0.3 is 20.3 Å². The summed E-state index contributed by atoms with van der Waals surface area (Å²) in [5.74, 6) is 2.62. The number of benzene rings is 1. The number of carbonyl (C=O) groups is 1. The van der Waals surface area contributed by atoms with Gasteiger partial charge in [0.05, 0.1) is 5.92 Å². The minimum atomic E-state index is -0.0598. The molecule has 0 saturated heterocycles. The van der Waals surface area contributed by atoms with Crippen molar-refractivity contribution in [3.8, 4) is 5.75 Å². The monoisotopic (exact) mass is 342 g/mol. The summed E-state index contributed by atoms with van der Waals surface area (Å²) < 4.78 is 10.6. The molecule has 2 aliphatic rings. The van der Waals surface area contributed by atoms with Crippen LogP contribution in [0.2, 0.25) is 0 Å². The number of ether oxygens (including phenoxy) is 1. The van der Waals surface area contributed by atoms with Crippen molar-refractivity contribution in [2.45, 2.75) is 38.8 Å². The molecule has 1 aromatic heterocycles. The fourth-order valence-electron chi connectivity index (χ4n) is 4.13. The van der Waals surface area contributed by atoms with Crippen LogP contribution in [0, 0.1) is 24.7 Å². The number of amides is 1. The first-order valence-corrected chi connectivity index (χ1v) is 8.68. The molecule has 1 heterocycles. The molecule has 2 bridgehead atoms. The van der Waals surface area contributed by atoms with Crippen LogP contribution in [0.1, 0.15) is 31.0 Å². The third-order valence-corrected chi connectivity index (χ3v) is 5.34. The molecule has 7 nitrogen and oxygen atoms in total. The highest BCUT2D eigenvalue weighted by Gasteiger charge is 2.49. The number of hydrogen-bond acceptors (Lipinski definition) is 6. The molecule has 4 atom stereocenters. The first-order valence-electron chi connectivity index (χ1n) is 8.68. The lowest BCUT2D eigenvalue weighted by molar-refractivity contribution is -0.121. The zero-order valence-electron chi connectivity index (χ0n) is 14.1. The molecule has 2 aliphatic carbocycles. The number of fused-ring (bicyclic) bond motifs is 2. The summed E-state index contributed by atoms with van der Waals surface area (Å²) in [6.07, 6.45) is 3.39. The van der Waals surface area contributed by atoms with Gasteiger partial charge in [0.25, 0.3) is 5.89 Å². The van der Waals surface area contributed by atoms with E-state index in [1.807, 2.05) is 12.1 Å². The van der Waals surface area contributed by atoms with Crippen LogP contribution in [0.4, 0.5) is 5.69 Å². The van der Waals surface area contributed by atoms with E-state index in [1.165, 1.54) is 6.42 Å². The van der Waals surface area contributed by atoms with Crippen LogP contribution < -0.4 is 15.8 Å². The largest absolute Gasteiger partial charge is 0.484 e. The molecular weight excluding hydrogens is 320 g/mol. The second-order valence-electron chi connectivity index (χ2n) is 6.97. The summed E-state index contributed by atoms with van der Waals surface area (Å²) in [7, 11) is 0. The van der Waals surface area contributed by atoms with Crippen molar-refractivity contribution < 1.29 is 14.1 Å². The highest BCUT2D eigenvalue weighted by Crippen LogP contribution is 2.47. The number of hydrogen-bond donors (Lipinski definition) is 2. The van der Waals surface area contributed by atoms with Gasteiger partial charge in [-0.2, -0.15) is 4.98 Å². The summed E-state index contributed by atoms with van der Waals surface area (Å²) in [6, 6.07) is 7.26. The Kier molecular flexibility index (Phi) is 4.17. The van der Waals surface area contributed by atoms with Crippen molar-refractivity contribution in [1.82, 2.24) is 10.1 Å². The normalized spacial score (nSPS) is 27.4. The minimum Gasteiger partial charge on any atom is -0.484 e. The Hall–Kier alpha value is -2.41. The van der Waals surface area contributed by atoms with Crippen LogP contribution in [0.5, 0.6) is 5.75 Å². The average Bonchev–Trinajstić information content (AvgIpc) is 3.30.